The molecule has 120 valence electrons. The Morgan fingerprint density at radius 2 is 1.83 bits per heavy atom. The molecule has 0 unspecified atom stereocenters. The Morgan fingerprint density at radius 1 is 1.12 bits per heavy atom. The maximum absolute atomic E-state index is 12.2. The van der Waals surface area contributed by atoms with Gasteiger partial charge in [0.05, 0.1) is 11.6 Å². The van der Waals surface area contributed by atoms with Crippen LogP contribution in [-0.4, -0.2) is 23.3 Å². The SMILES string of the molecule is N#Cc1ccc(NC(=O)c2ccc(CN3CCCC3=O)cc2)cc1. The lowest BCUT2D eigenvalue weighted by Crippen LogP contribution is -2.23. The molecule has 0 bridgehead atoms. The van der Waals surface area contributed by atoms with E-state index in [4.69, 9.17) is 5.26 Å². The number of benzene rings is 2. The molecule has 1 heterocycles. The highest BCUT2D eigenvalue weighted by molar-refractivity contribution is 6.04. The summed E-state index contributed by atoms with van der Waals surface area (Å²) in [4.78, 5) is 25.7. The Balaban J connectivity index is 1.62. The van der Waals surface area contributed by atoms with Gasteiger partial charge < -0.3 is 10.2 Å². The fraction of sp³-hybridized carbons (Fsp3) is 0.211. The number of nitrogens with zero attached hydrogens (tertiary/aromatic N) is 2. The van der Waals surface area contributed by atoms with Crippen LogP contribution in [-0.2, 0) is 11.3 Å². The zero-order chi connectivity index (χ0) is 16.9. The number of carbonyl (C=O) groups excluding carboxylic acids is 2. The molecule has 0 aliphatic carbocycles. The van der Waals surface area contributed by atoms with Crippen LogP contribution < -0.4 is 5.32 Å². The van der Waals surface area contributed by atoms with E-state index in [1.54, 1.807) is 36.4 Å². The van der Waals surface area contributed by atoms with Crippen molar-refractivity contribution >= 4 is 17.5 Å². The van der Waals surface area contributed by atoms with Crippen molar-refractivity contribution in [3.05, 3.63) is 65.2 Å². The summed E-state index contributed by atoms with van der Waals surface area (Å²) < 4.78 is 0. The summed E-state index contributed by atoms with van der Waals surface area (Å²) in [5.41, 5.74) is 2.76. The summed E-state index contributed by atoms with van der Waals surface area (Å²) in [5, 5.41) is 11.6. The van der Waals surface area contributed by atoms with Crippen molar-refractivity contribution in [3.8, 4) is 6.07 Å². The van der Waals surface area contributed by atoms with Crippen molar-refractivity contribution in [2.24, 2.45) is 0 Å². The Morgan fingerprint density at radius 3 is 2.42 bits per heavy atom. The number of anilines is 1. The van der Waals surface area contributed by atoms with Crippen LogP contribution in [0.3, 0.4) is 0 Å². The van der Waals surface area contributed by atoms with Gasteiger partial charge in [-0.3, -0.25) is 9.59 Å². The minimum Gasteiger partial charge on any atom is -0.338 e. The summed E-state index contributed by atoms with van der Waals surface area (Å²) in [5.74, 6) is -0.0128. The summed E-state index contributed by atoms with van der Waals surface area (Å²) in [6.07, 6.45) is 1.55. The van der Waals surface area contributed by atoms with E-state index in [1.807, 2.05) is 23.1 Å². The zero-order valence-corrected chi connectivity index (χ0v) is 13.2. The maximum Gasteiger partial charge on any atom is 0.255 e. The number of amides is 2. The van der Waals surface area contributed by atoms with E-state index in [1.165, 1.54) is 0 Å². The fourth-order valence-corrected chi connectivity index (χ4v) is 2.68. The van der Waals surface area contributed by atoms with Crippen molar-refractivity contribution in [1.29, 1.82) is 5.26 Å². The molecule has 0 spiro atoms. The van der Waals surface area contributed by atoms with Crippen LogP contribution >= 0.6 is 0 Å². The number of nitrogens with one attached hydrogen (secondary N) is 1. The lowest BCUT2D eigenvalue weighted by Gasteiger charge is -2.15. The fourth-order valence-electron chi connectivity index (χ4n) is 2.68. The first-order chi connectivity index (χ1) is 11.7. The monoisotopic (exact) mass is 319 g/mol. The van der Waals surface area contributed by atoms with Crippen molar-refractivity contribution < 1.29 is 9.59 Å². The average molecular weight is 319 g/mol. The van der Waals surface area contributed by atoms with Crippen LogP contribution in [0.5, 0.6) is 0 Å². The second-order valence-corrected chi connectivity index (χ2v) is 5.76. The first-order valence-electron chi connectivity index (χ1n) is 7.84. The third-order valence-electron chi connectivity index (χ3n) is 4.03. The van der Waals surface area contributed by atoms with Crippen LogP contribution in [0.25, 0.3) is 0 Å². The van der Waals surface area contributed by atoms with Gasteiger partial charge in [0.2, 0.25) is 5.91 Å². The first kappa shape index (κ1) is 15.8. The van der Waals surface area contributed by atoms with Gasteiger partial charge in [0.15, 0.2) is 0 Å². The zero-order valence-electron chi connectivity index (χ0n) is 13.2. The number of hydrogen-bond acceptors (Lipinski definition) is 3. The van der Waals surface area contributed by atoms with Gasteiger partial charge in [0.1, 0.15) is 0 Å². The third-order valence-corrected chi connectivity index (χ3v) is 4.03. The lowest BCUT2D eigenvalue weighted by atomic mass is 10.1. The van der Waals surface area contributed by atoms with E-state index in [2.05, 4.69) is 5.32 Å². The molecule has 1 saturated heterocycles. The quantitative estimate of drug-likeness (QED) is 0.941. The number of nitriles is 1. The topological polar surface area (TPSA) is 73.2 Å². The molecule has 1 aliphatic heterocycles. The molecule has 3 rings (SSSR count). The van der Waals surface area contributed by atoms with Crippen molar-refractivity contribution in [2.75, 3.05) is 11.9 Å². The molecule has 2 aromatic carbocycles. The summed E-state index contributed by atoms with van der Waals surface area (Å²) in [7, 11) is 0. The Hall–Kier alpha value is -3.13. The predicted molar refractivity (Wildman–Crippen MR) is 90.2 cm³/mol. The molecule has 0 aromatic heterocycles. The van der Waals surface area contributed by atoms with Gasteiger partial charge >= 0.3 is 0 Å². The van der Waals surface area contributed by atoms with Crippen LogP contribution in [0.1, 0.15) is 34.3 Å². The van der Waals surface area contributed by atoms with Crippen molar-refractivity contribution in [3.63, 3.8) is 0 Å². The minimum atomic E-state index is -0.205. The second kappa shape index (κ2) is 6.97. The Labute approximate surface area is 140 Å². The lowest BCUT2D eigenvalue weighted by molar-refractivity contribution is -0.128. The minimum absolute atomic E-state index is 0.192. The molecule has 5 nitrogen and oxygen atoms in total. The molecule has 2 amide bonds. The molecule has 1 aliphatic rings. The van der Waals surface area contributed by atoms with E-state index in [0.29, 0.717) is 29.8 Å². The smallest absolute Gasteiger partial charge is 0.255 e. The second-order valence-electron chi connectivity index (χ2n) is 5.76. The van der Waals surface area contributed by atoms with Crippen LogP contribution in [0, 0.1) is 11.3 Å². The van der Waals surface area contributed by atoms with Crippen molar-refractivity contribution in [2.45, 2.75) is 19.4 Å². The number of hydrogen-bond donors (Lipinski definition) is 1. The van der Waals surface area contributed by atoms with Gasteiger partial charge in [-0.05, 0) is 48.4 Å². The molecule has 5 heteroatoms. The first-order valence-corrected chi connectivity index (χ1v) is 7.84. The standard InChI is InChI=1S/C19H17N3O2/c20-12-14-5-9-17(10-6-14)21-19(24)16-7-3-15(4-8-16)13-22-11-1-2-18(22)23/h3-10H,1-2,11,13H2,(H,21,24). The largest absolute Gasteiger partial charge is 0.338 e. The van der Waals surface area contributed by atoms with Gasteiger partial charge in [0, 0.05) is 30.8 Å². The van der Waals surface area contributed by atoms with Gasteiger partial charge in [-0.15, -0.1) is 0 Å². The predicted octanol–water partition coefficient (Wildman–Crippen LogP) is 2.93. The van der Waals surface area contributed by atoms with Gasteiger partial charge in [-0.1, -0.05) is 12.1 Å². The van der Waals surface area contributed by atoms with E-state index in [9.17, 15) is 9.59 Å². The van der Waals surface area contributed by atoms with Gasteiger partial charge in [-0.2, -0.15) is 5.26 Å². The maximum atomic E-state index is 12.2. The number of likely N-dealkylation sites (tertiary alicyclic amines) is 1. The van der Waals surface area contributed by atoms with Crippen LogP contribution in [0.15, 0.2) is 48.5 Å². The third kappa shape index (κ3) is 3.61. The number of rotatable bonds is 4. The van der Waals surface area contributed by atoms with E-state index < -0.39 is 0 Å². The molecular weight excluding hydrogens is 302 g/mol. The molecule has 0 atom stereocenters. The summed E-state index contributed by atoms with van der Waals surface area (Å²) >= 11 is 0. The highest BCUT2D eigenvalue weighted by atomic mass is 16.2. The van der Waals surface area contributed by atoms with E-state index in [-0.39, 0.29) is 11.8 Å². The molecule has 1 fully saturated rings. The molecule has 0 saturated carbocycles. The molecule has 24 heavy (non-hydrogen) atoms. The van der Waals surface area contributed by atoms with Crippen molar-refractivity contribution in [1.82, 2.24) is 4.90 Å². The Kier molecular flexibility index (Phi) is 4.57. The van der Waals surface area contributed by atoms with Gasteiger partial charge in [0.25, 0.3) is 5.91 Å². The highest BCUT2D eigenvalue weighted by Crippen LogP contribution is 2.16. The highest BCUT2D eigenvalue weighted by Gasteiger charge is 2.19. The number of carbonyl (C=O) groups is 2. The van der Waals surface area contributed by atoms with Crippen LogP contribution in [0.2, 0.25) is 0 Å². The van der Waals surface area contributed by atoms with Crippen LogP contribution in [0.4, 0.5) is 5.69 Å². The average Bonchev–Trinajstić information content (AvgIpc) is 3.01. The molecule has 2 aromatic rings. The van der Waals surface area contributed by atoms with E-state index in [0.717, 1.165) is 18.5 Å². The summed E-state index contributed by atoms with van der Waals surface area (Å²) in [6.45, 7) is 1.40. The Bertz CT molecular complexity index is 789. The molecular formula is C19H17N3O2. The molecule has 0 radical (unpaired) electrons. The van der Waals surface area contributed by atoms with Gasteiger partial charge in [-0.25, -0.2) is 0 Å². The molecule has 1 N–H and O–H groups in total. The van der Waals surface area contributed by atoms with E-state index >= 15 is 0 Å². The summed E-state index contributed by atoms with van der Waals surface area (Å²) in [6, 6.07) is 16.0. The normalized spacial score (nSPS) is 13.6.